The largest absolute Gasteiger partial charge is 0.317 e. The van der Waals surface area contributed by atoms with Crippen molar-refractivity contribution in [3.63, 3.8) is 0 Å². The molecule has 1 fully saturated rings. The Morgan fingerprint density at radius 2 is 1.82 bits per heavy atom. The first-order valence-corrected chi connectivity index (χ1v) is 7.40. The lowest BCUT2D eigenvalue weighted by Gasteiger charge is -2.41. The Kier molecular flexibility index (Phi) is 5.94. The summed E-state index contributed by atoms with van der Waals surface area (Å²) in [7, 11) is 0. The van der Waals surface area contributed by atoms with Gasteiger partial charge >= 0.3 is 0 Å². The summed E-state index contributed by atoms with van der Waals surface area (Å²) in [5, 5.41) is 3.42. The Labute approximate surface area is 108 Å². The molecule has 17 heavy (non-hydrogen) atoms. The molecule has 1 heterocycles. The van der Waals surface area contributed by atoms with Crippen LogP contribution in [-0.2, 0) is 0 Å². The summed E-state index contributed by atoms with van der Waals surface area (Å²) in [6, 6.07) is 0.745. The first-order valence-electron chi connectivity index (χ1n) is 7.40. The summed E-state index contributed by atoms with van der Waals surface area (Å²) < 4.78 is 0. The van der Waals surface area contributed by atoms with Crippen LogP contribution in [0.2, 0.25) is 0 Å². The summed E-state index contributed by atoms with van der Waals surface area (Å²) in [5.74, 6) is 0.916. The lowest BCUT2D eigenvalue weighted by atomic mass is 9.75. The van der Waals surface area contributed by atoms with Crippen molar-refractivity contribution in [2.24, 2.45) is 11.3 Å². The van der Waals surface area contributed by atoms with Gasteiger partial charge in [0.1, 0.15) is 0 Å². The molecular formula is C15H32N2. The summed E-state index contributed by atoms with van der Waals surface area (Å²) in [5.41, 5.74) is 0.499. The molecule has 102 valence electrons. The zero-order valence-corrected chi connectivity index (χ0v) is 12.6. The maximum Gasteiger partial charge on any atom is 0.00790 e. The van der Waals surface area contributed by atoms with Gasteiger partial charge in [-0.3, -0.25) is 0 Å². The summed E-state index contributed by atoms with van der Waals surface area (Å²) >= 11 is 0. The van der Waals surface area contributed by atoms with Crippen LogP contribution in [0.3, 0.4) is 0 Å². The van der Waals surface area contributed by atoms with Crippen LogP contribution < -0.4 is 5.32 Å². The van der Waals surface area contributed by atoms with Crippen LogP contribution in [0.4, 0.5) is 0 Å². The first-order chi connectivity index (χ1) is 7.95. The van der Waals surface area contributed by atoms with E-state index in [0.717, 1.165) is 25.0 Å². The molecule has 1 aliphatic heterocycles. The predicted molar refractivity (Wildman–Crippen MR) is 76.4 cm³/mol. The minimum atomic E-state index is 0.499. The normalized spacial score (nSPS) is 21.7. The van der Waals surface area contributed by atoms with Crippen LogP contribution in [-0.4, -0.2) is 37.1 Å². The van der Waals surface area contributed by atoms with Gasteiger partial charge in [0.05, 0.1) is 0 Å². The maximum atomic E-state index is 3.42. The molecule has 0 aliphatic carbocycles. The van der Waals surface area contributed by atoms with Crippen LogP contribution in [0.1, 0.15) is 53.9 Å². The highest BCUT2D eigenvalue weighted by molar-refractivity contribution is 4.82. The Morgan fingerprint density at radius 1 is 1.24 bits per heavy atom. The maximum absolute atomic E-state index is 3.42. The van der Waals surface area contributed by atoms with E-state index in [4.69, 9.17) is 0 Å². The zero-order valence-electron chi connectivity index (χ0n) is 12.6. The highest BCUT2D eigenvalue weighted by atomic mass is 15.2. The van der Waals surface area contributed by atoms with Crippen LogP contribution >= 0.6 is 0 Å². The Morgan fingerprint density at radius 3 is 2.29 bits per heavy atom. The second-order valence-electron chi connectivity index (χ2n) is 6.67. The van der Waals surface area contributed by atoms with Gasteiger partial charge < -0.3 is 10.2 Å². The van der Waals surface area contributed by atoms with Gasteiger partial charge in [-0.2, -0.15) is 0 Å². The van der Waals surface area contributed by atoms with E-state index in [0.29, 0.717) is 5.41 Å². The third kappa shape index (κ3) is 4.97. The number of piperidine rings is 1. The van der Waals surface area contributed by atoms with Crippen LogP contribution in [0.25, 0.3) is 0 Å². The van der Waals surface area contributed by atoms with Gasteiger partial charge in [-0.1, -0.05) is 27.7 Å². The number of nitrogens with zero attached hydrogens (tertiary/aromatic N) is 1. The van der Waals surface area contributed by atoms with E-state index in [-0.39, 0.29) is 0 Å². The van der Waals surface area contributed by atoms with E-state index in [1.807, 2.05) is 0 Å². The molecule has 2 nitrogen and oxygen atoms in total. The number of hydrogen-bond donors (Lipinski definition) is 1. The molecule has 1 rings (SSSR count). The molecule has 1 saturated heterocycles. The molecule has 0 saturated carbocycles. The monoisotopic (exact) mass is 240 g/mol. The van der Waals surface area contributed by atoms with E-state index in [1.165, 1.54) is 32.4 Å². The number of hydrogen-bond acceptors (Lipinski definition) is 2. The number of nitrogens with one attached hydrogen (secondary N) is 1. The third-order valence-corrected chi connectivity index (χ3v) is 4.37. The summed E-state index contributed by atoms with van der Waals surface area (Å²) in [4.78, 5) is 2.68. The lowest BCUT2D eigenvalue weighted by molar-refractivity contribution is 0.0851. The molecule has 0 amide bonds. The van der Waals surface area contributed by atoms with Gasteiger partial charge in [-0.05, 0) is 63.7 Å². The molecule has 2 heteroatoms. The van der Waals surface area contributed by atoms with Crippen molar-refractivity contribution in [1.82, 2.24) is 10.2 Å². The van der Waals surface area contributed by atoms with Crippen LogP contribution in [0.5, 0.6) is 0 Å². The first kappa shape index (κ1) is 15.0. The van der Waals surface area contributed by atoms with E-state index >= 15 is 0 Å². The molecule has 0 aromatic carbocycles. The van der Waals surface area contributed by atoms with Gasteiger partial charge in [0.25, 0.3) is 0 Å². The van der Waals surface area contributed by atoms with Crippen molar-refractivity contribution in [1.29, 1.82) is 0 Å². The fourth-order valence-corrected chi connectivity index (χ4v) is 2.88. The van der Waals surface area contributed by atoms with Gasteiger partial charge in [0.15, 0.2) is 0 Å². The summed E-state index contributed by atoms with van der Waals surface area (Å²) in [6.45, 7) is 16.6. The lowest BCUT2D eigenvalue weighted by Crippen LogP contribution is -2.43. The molecule has 1 aliphatic rings. The summed E-state index contributed by atoms with van der Waals surface area (Å²) in [6.07, 6.45) is 4.05. The van der Waals surface area contributed by atoms with E-state index in [2.05, 4.69) is 44.8 Å². The fourth-order valence-electron chi connectivity index (χ4n) is 2.88. The molecule has 1 N–H and O–H groups in total. The molecule has 0 aromatic rings. The van der Waals surface area contributed by atoms with Crippen molar-refractivity contribution in [2.45, 2.75) is 59.9 Å². The van der Waals surface area contributed by atoms with Gasteiger partial charge in [0.2, 0.25) is 0 Å². The van der Waals surface area contributed by atoms with Crippen molar-refractivity contribution in [3.8, 4) is 0 Å². The van der Waals surface area contributed by atoms with Crippen molar-refractivity contribution < 1.29 is 0 Å². The average Bonchev–Trinajstić information content (AvgIpc) is 2.28. The van der Waals surface area contributed by atoms with E-state index < -0.39 is 0 Å². The van der Waals surface area contributed by atoms with Crippen molar-refractivity contribution in [3.05, 3.63) is 0 Å². The minimum absolute atomic E-state index is 0.499. The minimum Gasteiger partial charge on any atom is -0.317 e. The molecule has 0 radical (unpaired) electrons. The quantitative estimate of drug-likeness (QED) is 0.743. The van der Waals surface area contributed by atoms with Gasteiger partial charge in [0, 0.05) is 6.04 Å². The molecule has 1 unspecified atom stereocenters. The van der Waals surface area contributed by atoms with Crippen molar-refractivity contribution in [2.75, 3.05) is 26.2 Å². The number of likely N-dealkylation sites (tertiary alicyclic amines) is 1. The second-order valence-corrected chi connectivity index (χ2v) is 6.67. The standard InChI is InChI=1S/C15H32N2/c1-6-16-10-7-13(2)17-11-8-14(9-12-17)15(3,4)5/h13-14,16H,6-12H2,1-5H3. The molecule has 1 atom stereocenters. The number of rotatable bonds is 5. The van der Waals surface area contributed by atoms with Crippen LogP contribution in [0, 0.1) is 11.3 Å². The molecule has 0 spiro atoms. The SMILES string of the molecule is CCNCCC(C)N1CCC(C(C)(C)C)CC1. The molecule has 0 bridgehead atoms. The molecule has 0 aromatic heterocycles. The highest BCUT2D eigenvalue weighted by Gasteiger charge is 2.29. The Bertz CT molecular complexity index is 199. The second kappa shape index (κ2) is 6.75. The topological polar surface area (TPSA) is 15.3 Å². The highest BCUT2D eigenvalue weighted by Crippen LogP contribution is 2.34. The van der Waals surface area contributed by atoms with Gasteiger partial charge in [-0.25, -0.2) is 0 Å². The Hall–Kier alpha value is -0.0800. The zero-order chi connectivity index (χ0) is 12.9. The van der Waals surface area contributed by atoms with Crippen molar-refractivity contribution >= 4 is 0 Å². The predicted octanol–water partition coefficient (Wildman–Crippen LogP) is 3.13. The smallest absolute Gasteiger partial charge is 0.00790 e. The van der Waals surface area contributed by atoms with Crippen LogP contribution in [0.15, 0.2) is 0 Å². The average molecular weight is 240 g/mol. The van der Waals surface area contributed by atoms with E-state index in [1.54, 1.807) is 0 Å². The molecular weight excluding hydrogens is 208 g/mol. The fraction of sp³-hybridized carbons (Fsp3) is 1.00. The Balaban J connectivity index is 2.26. The third-order valence-electron chi connectivity index (χ3n) is 4.37. The van der Waals surface area contributed by atoms with Gasteiger partial charge in [-0.15, -0.1) is 0 Å². The van der Waals surface area contributed by atoms with E-state index in [9.17, 15) is 0 Å².